The smallest absolute Gasteiger partial charge is 0.217 e. The van der Waals surface area contributed by atoms with E-state index >= 15 is 0 Å². The lowest BCUT2D eigenvalue weighted by molar-refractivity contribution is -0.120. The fraction of sp³-hybridized carbons (Fsp3) is 0.542. The van der Waals surface area contributed by atoms with Crippen LogP contribution in [0.5, 0.6) is 0 Å². The first-order valence-electron chi connectivity index (χ1n) is 10.6. The number of thiophene rings is 1. The summed E-state index contributed by atoms with van der Waals surface area (Å²) in [5.41, 5.74) is 2.75. The van der Waals surface area contributed by atoms with Crippen LogP contribution in [0.1, 0.15) is 61.0 Å². The lowest BCUT2D eigenvalue weighted by Crippen LogP contribution is -2.49. The average Bonchev–Trinajstić information content (AvgIpc) is 3.07. The van der Waals surface area contributed by atoms with E-state index in [0.29, 0.717) is 13.0 Å². The number of amides is 1. The van der Waals surface area contributed by atoms with E-state index in [2.05, 4.69) is 37.5 Å². The summed E-state index contributed by atoms with van der Waals surface area (Å²) >= 11 is 1.93. The summed E-state index contributed by atoms with van der Waals surface area (Å²) in [6.45, 7) is 8.81. The summed E-state index contributed by atoms with van der Waals surface area (Å²) in [4.78, 5) is 14.6. The molecule has 158 valence electrons. The number of aliphatic hydroxyl groups is 1. The Morgan fingerprint density at radius 1 is 1.31 bits per heavy atom. The Bertz CT molecular complexity index is 816. The van der Waals surface area contributed by atoms with Gasteiger partial charge in [-0.3, -0.25) is 4.79 Å². The van der Waals surface area contributed by atoms with Crippen LogP contribution in [0.2, 0.25) is 0 Å². The summed E-state index contributed by atoms with van der Waals surface area (Å²) in [7, 11) is 0. The van der Waals surface area contributed by atoms with Gasteiger partial charge in [-0.05, 0) is 48.3 Å². The van der Waals surface area contributed by atoms with Crippen LogP contribution in [0.15, 0.2) is 36.4 Å². The first kappa shape index (κ1) is 22.0. The Hall–Kier alpha value is -1.69. The van der Waals surface area contributed by atoms with Crippen molar-refractivity contribution in [3.05, 3.63) is 57.3 Å². The number of aliphatic hydroxyl groups excluding tert-OH is 1. The van der Waals surface area contributed by atoms with E-state index < -0.39 is 6.10 Å². The zero-order chi connectivity index (χ0) is 21.0. The molecule has 1 aromatic heterocycles. The van der Waals surface area contributed by atoms with E-state index in [1.165, 1.54) is 22.2 Å². The van der Waals surface area contributed by atoms with Gasteiger partial charge in [0.15, 0.2) is 0 Å². The summed E-state index contributed by atoms with van der Waals surface area (Å²) in [5.74, 6) is -0.114. The molecule has 4 nitrogen and oxygen atoms in total. The first-order chi connectivity index (χ1) is 13.8. The van der Waals surface area contributed by atoms with Crippen molar-refractivity contribution in [3.8, 4) is 0 Å². The number of benzene rings is 1. The van der Waals surface area contributed by atoms with Gasteiger partial charge in [0.2, 0.25) is 5.91 Å². The summed E-state index contributed by atoms with van der Waals surface area (Å²) in [6.07, 6.45) is 3.20. The molecule has 0 bridgehead atoms. The highest BCUT2D eigenvalue weighted by molar-refractivity contribution is 7.12. The van der Waals surface area contributed by atoms with Gasteiger partial charge in [-0.1, -0.05) is 51.1 Å². The molecule has 1 aliphatic carbocycles. The second-order valence-electron chi connectivity index (χ2n) is 9.01. The molecule has 3 N–H and O–H groups in total. The SMILES string of the molecule is CCc1cc2c(s1)CC(C)(C)C[C@@H]2NC[C@@H](O)[C@H](Cc1ccccc1)NC(C)=O. The minimum absolute atomic E-state index is 0.114. The van der Waals surface area contributed by atoms with Crippen molar-refractivity contribution in [1.82, 2.24) is 10.6 Å². The van der Waals surface area contributed by atoms with Crippen molar-refractivity contribution in [1.29, 1.82) is 0 Å². The predicted molar refractivity (Wildman–Crippen MR) is 120 cm³/mol. The normalized spacial score (nSPS) is 20.0. The lowest BCUT2D eigenvalue weighted by Gasteiger charge is -2.36. The van der Waals surface area contributed by atoms with E-state index in [4.69, 9.17) is 0 Å². The molecule has 0 unspecified atom stereocenters. The number of hydrogen-bond donors (Lipinski definition) is 3. The average molecular weight is 415 g/mol. The third kappa shape index (κ3) is 5.91. The predicted octanol–water partition coefficient (Wildman–Crippen LogP) is 4.02. The molecule has 0 radical (unpaired) electrons. The maximum atomic E-state index is 11.7. The maximum absolute atomic E-state index is 11.7. The van der Waals surface area contributed by atoms with Crippen LogP contribution in [-0.4, -0.2) is 29.7 Å². The molecule has 1 amide bonds. The van der Waals surface area contributed by atoms with Gasteiger partial charge in [-0.15, -0.1) is 11.3 Å². The molecule has 0 spiro atoms. The molecule has 1 aromatic carbocycles. The number of nitrogens with one attached hydrogen (secondary N) is 2. The molecule has 5 heteroatoms. The highest BCUT2D eigenvalue weighted by Gasteiger charge is 2.34. The summed E-state index contributed by atoms with van der Waals surface area (Å²) in [5, 5.41) is 17.5. The molecule has 3 rings (SSSR count). The standard InChI is InChI=1S/C24H34N2O2S/c1-5-18-12-19-21(13-24(3,4)14-23(19)29-18)25-15-22(28)20(26-16(2)27)11-17-9-7-6-8-10-17/h6-10,12,20-22,25,28H,5,11,13-15H2,1-4H3,(H,26,27)/t20-,21-,22+/m0/s1. The Kier molecular flexibility index (Phi) is 7.14. The molecule has 29 heavy (non-hydrogen) atoms. The Morgan fingerprint density at radius 3 is 2.69 bits per heavy atom. The quantitative estimate of drug-likeness (QED) is 0.611. The van der Waals surface area contributed by atoms with Crippen molar-refractivity contribution in [2.75, 3.05) is 6.54 Å². The van der Waals surface area contributed by atoms with E-state index in [1.807, 2.05) is 41.7 Å². The topological polar surface area (TPSA) is 61.4 Å². The van der Waals surface area contributed by atoms with Crippen LogP contribution in [0.4, 0.5) is 0 Å². The van der Waals surface area contributed by atoms with Crippen molar-refractivity contribution >= 4 is 17.2 Å². The van der Waals surface area contributed by atoms with Crippen molar-refractivity contribution in [2.45, 2.75) is 71.6 Å². The highest BCUT2D eigenvalue weighted by atomic mass is 32.1. The van der Waals surface area contributed by atoms with Crippen LogP contribution in [0.3, 0.4) is 0 Å². The second kappa shape index (κ2) is 9.41. The van der Waals surface area contributed by atoms with E-state index in [1.54, 1.807) is 0 Å². The molecule has 3 atom stereocenters. The Morgan fingerprint density at radius 2 is 2.03 bits per heavy atom. The first-order valence-corrected chi connectivity index (χ1v) is 11.4. The summed E-state index contributed by atoms with van der Waals surface area (Å²) in [6, 6.07) is 12.3. The van der Waals surface area contributed by atoms with Gasteiger partial charge < -0.3 is 15.7 Å². The van der Waals surface area contributed by atoms with Gasteiger partial charge in [-0.25, -0.2) is 0 Å². The zero-order valence-corrected chi connectivity index (χ0v) is 18.8. The van der Waals surface area contributed by atoms with Crippen molar-refractivity contribution < 1.29 is 9.90 Å². The minimum atomic E-state index is -0.656. The van der Waals surface area contributed by atoms with Crippen LogP contribution >= 0.6 is 11.3 Å². The zero-order valence-electron chi connectivity index (χ0n) is 18.0. The Labute approximate surface area is 178 Å². The minimum Gasteiger partial charge on any atom is -0.390 e. The number of hydrogen-bond acceptors (Lipinski definition) is 4. The van der Waals surface area contributed by atoms with Crippen LogP contribution < -0.4 is 10.6 Å². The van der Waals surface area contributed by atoms with Crippen LogP contribution in [0.25, 0.3) is 0 Å². The number of aryl methyl sites for hydroxylation is 1. The van der Waals surface area contributed by atoms with E-state index in [9.17, 15) is 9.90 Å². The molecule has 0 aliphatic heterocycles. The molecule has 0 fully saturated rings. The number of carbonyl (C=O) groups excluding carboxylic acids is 1. The third-order valence-corrected chi connectivity index (χ3v) is 7.03. The second-order valence-corrected chi connectivity index (χ2v) is 10.2. The fourth-order valence-corrected chi connectivity index (χ4v) is 5.71. The fourth-order valence-electron chi connectivity index (χ4n) is 4.28. The monoisotopic (exact) mass is 414 g/mol. The van der Waals surface area contributed by atoms with E-state index in [-0.39, 0.29) is 23.4 Å². The third-order valence-electron chi connectivity index (χ3n) is 5.74. The largest absolute Gasteiger partial charge is 0.390 e. The van der Waals surface area contributed by atoms with Crippen molar-refractivity contribution in [2.24, 2.45) is 5.41 Å². The van der Waals surface area contributed by atoms with Gasteiger partial charge in [0, 0.05) is 29.3 Å². The highest BCUT2D eigenvalue weighted by Crippen LogP contribution is 2.44. The van der Waals surface area contributed by atoms with Gasteiger partial charge in [0.1, 0.15) is 0 Å². The number of carbonyl (C=O) groups is 1. The molecular weight excluding hydrogens is 380 g/mol. The van der Waals surface area contributed by atoms with Crippen molar-refractivity contribution in [3.63, 3.8) is 0 Å². The van der Waals surface area contributed by atoms with E-state index in [0.717, 1.165) is 24.8 Å². The number of fused-ring (bicyclic) bond motifs is 1. The molecule has 1 heterocycles. The van der Waals surface area contributed by atoms with Gasteiger partial charge in [-0.2, -0.15) is 0 Å². The molecule has 2 aromatic rings. The van der Waals surface area contributed by atoms with Crippen LogP contribution in [0, 0.1) is 5.41 Å². The maximum Gasteiger partial charge on any atom is 0.217 e. The Balaban J connectivity index is 1.69. The molecule has 0 saturated carbocycles. The van der Waals surface area contributed by atoms with Gasteiger partial charge >= 0.3 is 0 Å². The molecular formula is C24H34N2O2S. The lowest BCUT2D eigenvalue weighted by atomic mass is 9.75. The van der Waals surface area contributed by atoms with Crippen LogP contribution in [-0.2, 0) is 24.1 Å². The van der Waals surface area contributed by atoms with Gasteiger partial charge in [0.05, 0.1) is 12.1 Å². The summed E-state index contributed by atoms with van der Waals surface area (Å²) < 4.78 is 0. The molecule has 0 saturated heterocycles. The number of rotatable bonds is 8. The van der Waals surface area contributed by atoms with Gasteiger partial charge in [0.25, 0.3) is 0 Å². The molecule has 1 aliphatic rings.